The molecule has 1 atom stereocenters. The van der Waals surface area contributed by atoms with Gasteiger partial charge in [0.25, 0.3) is 0 Å². The van der Waals surface area contributed by atoms with Crippen LogP contribution in [0, 0.1) is 5.82 Å². The fourth-order valence-electron chi connectivity index (χ4n) is 1.16. The van der Waals surface area contributed by atoms with E-state index < -0.39 is 0 Å². The molecule has 0 heterocycles. The Morgan fingerprint density at radius 2 is 2.31 bits per heavy atom. The van der Waals surface area contributed by atoms with Gasteiger partial charge in [0.05, 0.1) is 6.04 Å². The summed E-state index contributed by atoms with van der Waals surface area (Å²) in [5.41, 5.74) is 2.66. The number of hydrogen-bond acceptors (Lipinski definition) is 2. The van der Waals surface area contributed by atoms with Crippen molar-refractivity contribution in [1.82, 2.24) is 5.48 Å². The lowest BCUT2D eigenvalue weighted by molar-refractivity contribution is 0.124. The first-order chi connectivity index (χ1) is 6.19. The van der Waals surface area contributed by atoms with E-state index in [-0.39, 0.29) is 11.9 Å². The molecule has 0 saturated carbocycles. The average molecular weight is 204 g/mol. The third kappa shape index (κ3) is 2.40. The largest absolute Gasteiger partial charge is 0.316 e. The van der Waals surface area contributed by atoms with Crippen LogP contribution >= 0.6 is 11.6 Å². The number of benzene rings is 1. The summed E-state index contributed by atoms with van der Waals surface area (Å²) < 4.78 is 12.8. The molecule has 0 spiro atoms. The molecule has 0 amide bonds. The predicted octanol–water partition coefficient (Wildman–Crippen LogP) is 2.91. The lowest BCUT2D eigenvalue weighted by Crippen LogP contribution is -2.16. The number of hydrogen-bond donors (Lipinski definition) is 2. The molecule has 1 aromatic rings. The van der Waals surface area contributed by atoms with Gasteiger partial charge in [-0.25, -0.2) is 4.39 Å². The van der Waals surface area contributed by atoms with Crippen LogP contribution in [0.15, 0.2) is 18.2 Å². The standard InChI is InChI=1S/C9H11ClFNO/c1-2-9(12-13)7-5-6(11)3-4-8(7)10/h3-5,9,12-13H,2H2,1H3/t9-/m1/s1. The Hall–Kier alpha value is -0.640. The van der Waals surface area contributed by atoms with Crippen molar-refractivity contribution in [2.24, 2.45) is 0 Å². The number of rotatable bonds is 3. The lowest BCUT2D eigenvalue weighted by Gasteiger charge is -2.14. The van der Waals surface area contributed by atoms with Gasteiger partial charge < -0.3 is 5.21 Å². The van der Waals surface area contributed by atoms with Gasteiger partial charge in [0.15, 0.2) is 0 Å². The average Bonchev–Trinajstić information content (AvgIpc) is 2.13. The van der Waals surface area contributed by atoms with E-state index in [1.165, 1.54) is 18.2 Å². The Bertz CT molecular complexity index is 289. The van der Waals surface area contributed by atoms with Gasteiger partial charge >= 0.3 is 0 Å². The SMILES string of the molecule is CC[C@@H](NO)c1cc(F)ccc1Cl. The van der Waals surface area contributed by atoms with Gasteiger partial charge in [-0.3, -0.25) is 0 Å². The molecule has 0 aliphatic rings. The molecule has 0 saturated heterocycles. The molecule has 2 N–H and O–H groups in total. The van der Waals surface area contributed by atoms with E-state index in [0.717, 1.165) is 0 Å². The molecule has 72 valence electrons. The van der Waals surface area contributed by atoms with E-state index in [4.69, 9.17) is 16.8 Å². The van der Waals surface area contributed by atoms with Crippen molar-refractivity contribution in [3.8, 4) is 0 Å². The molecule has 0 radical (unpaired) electrons. The Balaban J connectivity index is 3.03. The maximum atomic E-state index is 12.8. The second-order valence-corrected chi connectivity index (χ2v) is 3.16. The summed E-state index contributed by atoms with van der Waals surface area (Å²) in [6, 6.07) is 3.77. The topological polar surface area (TPSA) is 32.3 Å². The minimum absolute atomic E-state index is 0.316. The van der Waals surface area contributed by atoms with Crippen LogP contribution in [0.25, 0.3) is 0 Å². The second kappa shape index (κ2) is 4.56. The van der Waals surface area contributed by atoms with E-state index in [0.29, 0.717) is 17.0 Å². The highest BCUT2D eigenvalue weighted by Crippen LogP contribution is 2.25. The molecule has 0 aliphatic carbocycles. The van der Waals surface area contributed by atoms with E-state index in [1.54, 1.807) is 0 Å². The van der Waals surface area contributed by atoms with Crippen LogP contribution in [-0.4, -0.2) is 5.21 Å². The van der Waals surface area contributed by atoms with Gasteiger partial charge in [0, 0.05) is 5.02 Å². The predicted molar refractivity (Wildman–Crippen MR) is 49.4 cm³/mol. The maximum Gasteiger partial charge on any atom is 0.123 e. The lowest BCUT2D eigenvalue weighted by atomic mass is 10.1. The first-order valence-electron chi connectivity index (χ1n) is 4.03. The second-order valence-electron chi connectivity index (χ2n) is 2.76. The molecule has 0 aromatic heterocycles. The number of hydroxylamine groups is 1. The van der Waals surface area contributed by atoms with E-state index >= 15 is 0 Å². The molecule has 0 bridgehead atoms. The van der Waals surface area contributed by atoms with Gasteiger partial charge in [0.2, 0.25) is 0 Å². The molecule has 1 rings (SSSR count). The monoisotopic (exact) mass is 203 g/mol. The Morgan fingerprint density at radius 3 is 2.85 bits per heavy atom. The van der Waals surface area contributed by atoms with Crippen molar-refractivity contribution >= 4 is 11.6 Å². The highest BCUT2D eigenvalue weighted by molar-refractivity contribution is 6.31. The highest BCUT2D eigenvalue weighted by Gasteiger charge is 2.12. The fraction of sp³-hybridized carbons (Fsp3) is 0.333. The minimum atomic E-state index is -0.354. The molecule has 2 nitrogen and oxygen atoms in total. The molecule has 0 aliphatic heterocycles. The summed E-state index contributed by atoms with van der Waals surface area (Å²) in [5, 5.41) is 9.22. The van der Waals surface area contributed by atoms with Crippen molar-refractivity contribution in [2.45, 2.75) is 19.4 Å². The van der Waals surface area contributed by atoms with E-state index in [1.807, 2.05) is 6.92 Å². The molecular weight excluding hydrogens is 193 g/mol. The van der Waals surface area contributed by atoms with Gasteiger partial charge in [-0.1, -0.05) is 18.5 Å². The normalized spacial score (nSPS) is 12.9. The van der Waals surface area contributed by atoms with E-state index in [2.05, 4.69) is 5.48 Å². The van der Waals surface area contributed by atoms with Crippen LogP contribution in [0.3, 0.4) is 0 Å². The molecule has 0 fully saturated rings. The van der Waals surface area contributed by atoms with Crippen molar-refractivity contribution in [3.63, 3.8) is 0 Å². The molecule has 13 heavy (non-hydrogen) atoms. The van der Waals surface area contributed by atoms with Gasteiger partial charge in [-0.15, -0.1) is 0 Å². The quantitative estimate of drug-likeness (QED) is 0.741. The Labute approximate surface area is 81.3 Å². The van der Waals surface area contributed by atoms with Crippen LogP contribution in [0.4, 0.5) is 4.39 Å². The van der Waals surface area contributed by atoms with Crippen LogP contribution < -0.4 is 5.48 Å². The summed E-state index contributed by atoms with van der Waals surface area (Å²) in [7, 11) is 0. The van der Waals surface area contributed by atoms with Crippen LogP contribution in [-0.2, 0) is 0 Å². The van der Waals surface area contributed by atoms with Crippen molar-refractivity contribution in [1.29, 1.82) is 0 Å². The van der Waals surface area contributed by atoms with Gasteiger partial charge in [-0.05, 0) is 30.2 Å². The summed E-state index contributed by atoms with van der Waals surface area (Å²) in [5.74, 6) is -0.354. The van der Waals surface area contributed by atoms with Crippen molar-refractivity contribution in [2.75, 3.05) is 0 Å². The van der Waals surface area contributed by atoms with Crippen LogP contribution in [0.1, 0.15) is 24.9 Å². The number of halogens is 2. The molecule has 4 heteroatoms. The molecule has 0 unspecified atom stereocenters. The van der Waals surface area contributed by atoms with Crippen LogP contribution in [0.5, 0.6) is 0 Å². The minimum Gasteiger partial charge on any atom is -0.316 e. The number of nitrogens with one attached hydrogen (secondary N) is 1. The summed E-state index contributed by atoms with van der Waals surface area (Å²) in [6.07, 6.45) is 0.639. The van der Waals surface area contributed by atoms with Crippen molar-refractivity contribution in [3.05, 3.63) is 34.6 Å². The zero-order valence-electron chi connectivity index (χ0n) is 7.22. The zero-order valence-corrected chi connectivity index (χ0v) is 7.98. The highest BCUT2D eigenvalue weighted by atomic mass is 35.5. The zero-order chi connectivity index (χ0) is 9.84. The first-order valence-corrected chi connectivity index (χ1v) is 4.41. The first kappa shape index (κ1) is 10.4. The summed E-state index contributed by atoms with van der Waals surface area (Å²) in [6.45, 7) is 1.87. The van der Waals surface area contributed by atoms with Gasteiger partial charge in [0.1, 0.15) is 5.82 Å². The van der Waals surface area contributed by atoms with Crippen LogP contribution in [0.2, 0.25) is 5.02 Å². The van der Waals surface area contributed by atoms with Crippen molar-refractivity contribution < 1.29 is 9.60 Å². The summed E-state index contributed by atoms with van der Waals surface area (Å²) >= 11 is 5.83. The fourth-order valence-corrected chi connectivity index (χ4v) is 1.41. The third-order valence-corrected chi connectivity index (χ3v) is 2.24. The molecule has 1 aromatic carbocycles. The third-order valence-electron chi connectivity index (χ3n) is 1.90. The Kier molecular flexibility index (Phi) is 3.66. The summed E-state index contributed by atoms with van der Waals surface area (Å²) in [4.78, 5) is 0. The smallest absolute Gasteiger partial charge is 0.123 e. The maximum absolute atomic E-state index is 12.8. The molecular formula is C9H11ClFNO. The van der Waals surface area contributed by atoms with E-state index in [9.17, 15) is 4.39 Å². The Morgan fingerprint density at radius 1 is 1.62 bits per heavy atom. The van der Waals surface area contributed by atoms with Gasteiger partial charge in [-0.2, -0.15) is 5.48 Å².